The Bertz CT molecular complexity index is 1120. The van der Waals surface area contributed by atoms with Crippen LogP contribution in [0.25, 0.3) is 5.70 Å². The molecule has 0 saturated carbocycles. The van der Waals surface area contributed by atoms with Crippen LogP contribution in [0.3, 0.4) is 0 Å². The summed E-state index contributed by atoms with van der Waals surface area (Å²) in [6.07, 6.45) is 2.28. The number of nitrogens with zero attached hydrogens (tertiary/aromatic N) is 4. The molecule has 0 aliphatic carbocycles. The minimum absolute atomic E-state index is 0.0508. The molecule has 3 aromatic rings. The van der Waals surface area contributed by atoms with Crippen LogP contribution in [0.2, 0.25) is 0 Å². The highest BCUT2D eigenvalue weighted by molar-refractivity contribution is 6.18. The van der Waals surface area contributed by atoms with E-state index in [1.807, 2.05) is 36.4 Å². The topological polar surface area (TPSA) is 80.1 Å². The van der Waals surface area contributed by atoms with Gasteiger partial charge in [0, 0.05) is 18.5 Å². The van der Waals surface area contributed by atoms with Crippen molar-refractivity contribution in [2.24, 2.45) is 0 Å². The quantitative estimate of drug-likeness (QED) is 0.696. The number of carbonyl (C=O) groups excluding carboxylic acids is 2. The zero-order valence-electron chi connectivity index (χ0n) is 15.2. The highest BCUT2D eigenvalue weighted by Gasteiger charge is 2.35. The Morgan fingerprint density at radius 1 is 0.966 bits per heavy atom. The lowest BCUT2D eigenvalue weighted by atomic mass is 10.0. The van der Waals surface area contributed by atoms with Gasteiger partial charge in [0.05, 0.1) is 0 Å². The lowest BCUT2D eigenvalue weighted by Crippen LogP contribution is -2.29. The van der Waals surface area contributed by atoms with Crippen LogP contribution in [0.1, 0.15) is 30.0 Å². The van der Waals surface area contributed by atoms with Crippen molar-refractivity contribution in [3.8, 4) is 0 Å². The van der Waals surface area contributed by atoms with E-state index in [4.69, 9.17) is 0 Å². The van der Waals surface area contributed by atoms with Gasteiger partial charge < -0.3 is 5.32 Å². The summed E-state index contributed by atoms with van der Waals surface area (Å²) in [5, 5.41) is 7.66. The average molecular weight is 389 g/mol. The number of aromatic nitrogens is 3. The van der Waals surface area contributed by atoms with Crippen LogP contribution in [0, 0.1) is 5.82 Å². The molecule has 0 bridgehead atoms. The number of carbonyl (C=O) groups is 2. The molecular formula is C21H16FN5O2. The van der Waals surface area contributed by atoms with Gasteiger partial charge in [-0.1, -0.05) is 42.5 Å². The number of fused-ring (bicyclic) bond motifs is 1. The van der Waals surface area contributed by atoms with Gasteiger partial charge in [0.2, 0.25) is 17.8 Å². The van der Waals surface area contributed by atoms with Crippen LogP contribution >= 0.6 is 0 Å². The molecule has 1 N–H and O–H groups in total. The molecule has 1 aromatic heterocycles. The summed E-state index contributed by atoms with van der Waals surface area (Å²) in [7, 11) is 0. The highest BCUT2D eigenvalue weighted by atomic mass is 19.1. The predicted molar refractivity (Wildman–Crippen MR) is 104 cm³/mol. The van der Waals surface area contributed by atoms with Crippen LogP contribution in [0.15, 0.2) is 60.7 Å². The SMILES string of the molecule is O=C1CCC(=O)N1c1nc2n(n1)[C@@H](c1ccc(F)cc1)C=C(c1ccccc1)N2. The predicted octanol–water partition coefficient (Wildman–Crippen LogP) is 3.13. The summed E-state index contributed by atoms with van der Waals surface area (Å²) in [4.78, 5) is 29.7. The molecule has 3 heterocycles. The summed E-state index contributed by atoms with van der Waals surface area (Å²) in [5.74, 6) is -0.499. The summed E-state index contributed by atoms with van der Waals surface area (Å²) in [6, 6.07) is 15.5. The third-order valence-corrected chi connectivity index (χ3v) is 5.00. The third-order valence-electron chi connectivity index (χ3n) is 5.00. The first kappa shape index (κ1) is 17.3. The Hall–Kier alpha value is -3.81. The summed E-state index contributed by atoms with van der Waals surface area (Å²) < 4.78 is 15.0. The number of anilines is 2. The molecule has 144 valence electrons. The van der Waals surface area contributed by atoms with Gasteiger partial charge in [0.1, 0.15) is 11.9 Å². The van der Waals surface area contributed by atoms with E-state index in [2.05, 4.69) is 15.4 Å². The molecule has 2 aliphatic heterocycles. The van der Waals surface area contributed by atoms with E-state index >= 15 is 0 Å². The van der Waals surface area contributed by atoms with E-state index in [-0.39, 0.29) is 42.5 Å². The van der Waals surface area contributed by atoms with Crippen LogP contribution in [0.4, 0.5) is 16.3 Å². The Labute approximate surface area is 165 Å². The van der Waals surface area contributed by atoms with E-state index in [1.165, 1.54) is 12.1 Å². The Balaban J connectivity index is 1.61. The number of amides is 2. The monoisotopic (exact) mass is 389 g/mol. The van der Waals surface area contributed by atoms with E-state index in [0.717, 1.165) is 21.7 Å². The zero-order valence-corrected chi connectivity index (χ0v) is 15.2. The summed E-state index contributed by atoms with van der Waals surface area (Å²) >= 11 is 0. The van der Waals surface area contributed by atoms with Crippen molar-refractivity contribution in [2.75, 3.05) is 10.2 Å². The van der Waals surface area contributed by atoms with Crippen LogP contribution in [-0.4, -0.2) is 26.6 Å². The zero-order chi connectivity index (χ0) is 20.0. The molecule has 0 radical (unpaired) electrons. The van der Waals surface area contributed by atoms with Crippen molar-refractivity contribution in [1.82, 2.24) is 14.8 Å². The maximum absolute atomic E-state index is 13.4. The lowest BCUT2D eigenvalue weighted by molar-refractivity contribution is -0.121. The Kier molecular flexibility index (Phi) is 3.97. The highest BCUT2D eigenvalue weighted by Crippen LogP contribution is 2.34. The second-order valence-electron chi connectivity index (χ2n) is 6.87. The summed E-state index contributed by atoms with van der Waals surface area (Å²) in [5.41, 5.74) is 2.56. The Morgan fingerprint density at radius 2 is 1.66 bits per heavy atom. The smallest absolute Gasteiger partial charge is 0.260 e. The maximum Gasteiger partial charge on any atom is 0.260 e. The largest absolute Gasteiger partial charge is 0.324 e. The molecule has 1 atom stereocenters. The van der Waals surface area contributed by atoms with E-state index < -0.39 is 0 Å². The number of halogens is 1. The number of imide groups is 1. The first-order valence-corrected chi connectivity index (χ1v) is 9.22. The van der Waals surface area contributed by atoms with Gasteiger partial charge >= 0.3 is 0 Å². The second kappa shape index (κ2) is 6.66. The number of rotatable bonds is 3. The molecular weight excluding hydrogens is 373 g/mol. The van der Waals surface area contributed by atoms with Gasteiger partial charge in [-0.25, -0.2) is 14.0 Å². The molecule has 5 rings (SSSR count). The van der Waals surface area contributed by atoms with Crippen molar-refractivity contribution in [3.05, 3.63) is 77.6 Å². The third kappa shape index (κ3) is 2.98. The van der Waals surface area contributed by atoms with Crippen molar-refractivity contribution >= 4 is 29.4 Å². The van der Waals surface area contributed by atoms with Gasteiger partial charge in [0.25, 0.3) is 5.95 Å². The minimum atomic E-state index is -0.379. The van der Waals surface area contributed by atoms with Crippen molar-refractivity contribution in [1.29, 1.82) is 0 Å². The van der Waals surface area contributed by atoms with Gasteiger partial charge in [0.15, 0.2) is 0 Å². The molecule has 1 saturated heterocycles. The fourth-order valence-corrected chi connectivity index (χ4v) is 3.56. The van der Waals surface area contributed by atoms with E-state index in [1.54, 1.807) is 16.8 Å². The molecule has 1 fully saturated rings. The molecule has 2 aromatic carbocycles. The van der Waals surface area contributed by atoms with Crippen LogP contribution < -0.4 is 10.2 Å². The van der Waals surface area contributed by atoms with Gasteiger partial charge in [-0.05, 0) is 29.3 Å². The van der Waals surface area contributed by atoms with Gasteiger partial charge in [-0.15, -0.1) is 5.10 Å². The average Bonchev–Trinajstić information content (AvgIpc) is 3.30. The van der Waals surface area contributed by atoms with Gasteiger partial charge in [-0.2, -0.15) is 4.98 Å². The van der Waals surface area contributed by atoms with Crippen LogP contribution in [-0.2, 0) is 9.59 Å². The fraction of sp³-hybridized carbons (Fsp3) is 0.143. The number of benzene rings is 2. The molecule has 8 heteroatoms. The van der Waals surface area contributed by atoms with Crippen molar-refractivity contribution < 1.29 is 14.0 Å². The van der Waals surface area contributed by atoms with Crippen molar-refractivity contribution in [3.63, 3.8) is 0 Å². The first-order chi connectivity index (χ1) is 14.1. The molecule has 29 heavy (non-hydrogen) atoms. The second-order valence-corrected chi connectivity index (χ2v) is 6.87. The van der Waals surface area contributed by atoms with E-state index in [9.17, 15) is 14.0 Å². The molecule has 2 amide bonds. The molecule has 0 spiro atoms. The Morgan fingerprint density at radius 3 is 2.34 bits per heavy atom. The van der Waals surface area contributed by atoms with Crippen LogP contribution in [0.5, 0.6) is 0 Å². The number of hydrogen-bond donors (Lipinski definition) is 1. The molecule has 2 aliphatic rings. The normalized spacial score (nSPS) is 18.4. The number of nitrogens with one attached hydrogen (secondary N) is 1. The van der Waals surface area contributed by atoms with Crippen molar-refractivity contribution in [2.45, 2.75) is 18.9 Å². The van der Waals surface area contributed by atoms with Gasteiger partial charge in [-0.3, -0.25) is 9.59 Å². The minimum Gasteiger partial charge on any atom is -0.324 e. The standard InChI is InChI=1S/C21H16FN5O2/c22-15-8-6-14(7-9-15)17-12-16(13-4-2-1-3-5-13)23-20-24-21(25-27(17)20)26-18(28)10-11-19(26)29/h1-9,12,17H,10-11H2,(H,23,24,25)/t17-/m1/s1. The number of hydrogen-bond acceptors (Lipinski definition) is 5. The lowest BCUT2D eigenvalue weighted by Gasteiger charge is -2.24. The maximum atomic E-state index is 13.4. The van der Waals surface area contributed by atoms with E-state index in [0.29, 0.717) is 5.95 Å². The molecule has 0 unspecified atom stereocenters. The first-order valence-electron chi connectivity index (χ1n) is 9.22. The fourth-order valence-electron chi connectivity index (χ4n) is 3.56. The number of allylic oxidation sites excluding steroid dienone is 1. The summed E-state index contributed by atoms with van der Waals surface area (Å²) in [6.45, 7) is 0. The molecule has 7 nitrogen and oxygen atoms in total.